The van der Waals surface area contributed by atoms with Crippen molar-refractivity contribution in [2.24, 2.45) is 16.2 Å². The Morgan fingerprint density at radius 2 is 1.72 bits per heavy atom. The molecule has 1 saturated heterocycles. The highest BCUT2D eigenvalue weighted by atomic mass is 32.2. The molecule has 47 heavy (non-hydrogen) atoms. The Bertz CT molecular complexity index is 1800. The maximum atomic E-state index is 13.7. The molecule has 1 aliphatic heterocycles. The van der Waals surface area contributed by atoms with Crippen molar-refractivity contribution in [3.8, 4) is 22.6 Å². The number of hydrogen-bond acceptors (Lipinski definition) is 7. The zero-order chi connectivity index (χ0) is 32.4. The lowest BCUT2D eigenvalue weighted by Crippen LogP contribution is -2.30. The number of fused-ring (bicyclic) bond motifs is 2. The highest BCUT2D eigenvalue weighted by molar-refractivity contribution is 7.90. The number of rotatable bonds is 12. The summed E-state index contributed by atoms with van der Waals surface area (Å²) >= 11 is 0. The summed E-state index contributed by atoms with van der Waals surface area (Å²) in [6.45, 7) is 6.73. The van der Waals surface area contributed by atoms with E-state index in [2.05, 4.69) is 26.4 Å². The molecule has 1 unspecified atom stereocenters. The van der Waals surface area contributed by atoms with Gasteiger partial charge < -0.3 is 18.8 Å². The molecule has 3 aromatic carbocycles. The molecule has 0 bridgehead atoms. The van der Waals surface area contributed by atoms with Crippen LogP contribution in [0.25, 0.3) is 22.2 Å². The molecule has 1 aliphatic carbocycles. The van der Waals surface area contributed by atoms with Crippen LogP contribution < -0.4 is 9.47 Å². The van der Waals surface area contributed by atoms with Crippen molar-refractivity contribution in [3.05, 3.63) is 71.9 Å². The van der Waals surface area contributed by atoms with Gasteiger partial charge in [0.25, 0.3) is 10.0 Å². The van der Waals surface area contributed by atoms with Gasteiger partial charge in [-0.25, -0.2) is 9.37 Å². The fourth-order valence-electron chi connectivity index (χ4n) is 6.99. The Kier molecular flexibility index (Phi) is 10.6. The third-order valence-corrected chi connectivity index (χ3v) is 10.2. The lowest BCUT2D eigenvalue weighted by molar-refractivity contribution is 0.224. The molecule has 252 valence electrons. The van der Waals surface area contributed by atoms with Gasteiger partial charge in [0.2, 0.25) is 0 Å². The first kappa shape index (κ1) is 34.4. The summed E-state index contributed by atoms with van der Waals surface area (Å²) < 4.78 is 61.0. The highest BCUT2D eigenvalue weighted by Crippen LogP contribution is 2.45. The molecule has 9 nitrogen and oxygen atoms in total. The topological polar surface area (TPSA) is 97.5 Å². The average molecular weight is 665 g/mol. The minimum atomic E-state index is -3.82. The van der Waals surface area contributed by atoms with E-state index in [1.165, 1.54) is 30.6 Å². The maximum absolute atomic E-state index is 13.7. The fraction of sp³-hybridized carbons (Fsp3) is 0.444. The molecular formula is C36H45FN4O5S. The molecule has 11 heteroatoms. The number of benzene rings is 3. The van der Waals surface area contributed by atoms with Gasteiger partial charge >= 0.3 is 0 Å². The summed E-state index contributed by atoms with van der Waals surface area (Å²) in [7, 11) is -0.390. The first-order valence-corrected chi connectivity index (χ1v) is 17.4. The van der Waals surface area contributed by atoms with Crippen molar-refractivity contribution in [1.82, 2.24) is 14.8 Å². The van der Waals surface area contributed by atoms with Gasteiger partial charge in [-0.1, -0.05) is 19.6 Å². The molecule has 6 rings (SSSR count). The van der Waals surface area contributed by atoms with E-state index in [9.17, 15) is 12.8 Å². The largest absolute Gasteiger partial charge is 0.493 e. The summed E-state index contributed by atoms with van der Waals surface area (Å²) in [5.74, 6) is 2.82. The summed E-state index contributed by atoms with van der Waals surface area (Å²) in [5, 5.41) is 0. The zero-order valence-electron chi connectivity index (χ0n) is 26.8. The minimum Gasteiger partial charge on any atom is -0.493 e. The van der Waals surface area contributed by atoms with E-state index in [0.29, 0.717) is 48.1 Å². The van der Waals surface area contributed by atoms with Crippen LogP contribution >= 0.6 is 0 Å². The SMILES string of the molecule is C.CCOc1cc(CN2CC[C@H]3C(Cc4nc5cc(S(=O)(=O)N=CN(C)C)ccc5o4)CC[C@H]32)cc(OCC)c1-c1ccc(F)cc1. The van der Waals surface area contributed by atoms with Gasteiger partial charge in [-0.15, -0.1) is 4.40 Å². The van der Waals surface area contributed by atoms with Gasteiger partial charge in [-0.2, -0.15) is 8.42 Å². The Labute approximate surface area is 277 Å². The van der Waals surface area contributed by atoms with Crippen LogP contribution in [0.5, 0.6) is 11.5 Å². The van der Waals surface area contributed by atoms with Gasteiger partial charge in [0, 0.05) is 33.1 Å². The second-order valence-corrected chi connectivity index (χ2v) is 13.9. The van der Waals surface area contributed by atoms with Crippen LogP contribution in [0.1, 0.15) is 52.0 Å². The predicted molar refractivity (Wildman–Crippen MR) is 183 cm³/mol. The number of oxazole rings is 1. The molecule has 0 spiro atoms. The Morgan fingerprint density at radius 1 is 1.02 bits per heavy atom. The number of aromatic nitrogens is 1. The van der Waals surface area contributed by atoms with Crippen LogP contribution in [0.4, 0.5) is 4.39 Å². The number of hydrogen-bond donors (Lipinski definition) is 0. The summed E-state index contributed by atoms with van der Waals surface area (Å²) in [5.41, 5.74) is 3.93. The molecule has 2 fully saturated rings. The molecule has 0 amide bonds. The van der Waals surface area contributed by atoms with E-state index in [1.807, 2.05) is 13.8 Å². The number of sulfonamides is 1. The van der Waals surface area contributed by atoms with E-state index in [0.717, 1.165) is 67.0 Å². The lowest BCUT2D eigenvalue weighted by Gasteiger charge is -2.25. The third-order valence-electron chi connectivity index (χ3n) is 8.95. The van der Waals surface area contributed by atoms with Crippen LogP contribution in [0.3, 0.4) is 0 Å². The minimum absolute atomic E-state index is 0. The van der Waals surface area contributed by atoms with Gasteiger partial charge in [0.1, 0.15) is 29.2 Å². The molecule has 0 N–H and O–H groups in total. The Morgan fingerprint density at radius 3 is 2.38 bits per heavy atom. The van der Waals surface area contributed by atoms with Crippen molar-refractivity contribution in [2.45, 2.75) is 64.4 Å². The van der Waals surface area contributed by atoms with Crippen LogP contribution in [-0.2, 0) is 23.0 Å². The van der Waals surface area contributed by atoms with E-state index >= 15 is 0 Å². The summed E-state index contributed by atoms with van der Waals surface area (Å²) in [6, 6.07) is 15.8. The average Bonchev–Trinajstić information content (AvgIpc) is 3.73. The van der Waals surface area contributed by atoms with Crippen molar-refractivity contribution in [1.29, 1.82) is 0 Å². The predicted octanol–water partition coefficient (Wildman–Crippen LogP) is 7.19. The monoisotopic (exact) mass is 664 g/mol. The second-order valence-electron chi connectivity index (χ2n) is 12.3. The van der Waals surface area contributed by atoms with Crippen LogP contribution in [0.15, 0.2) is 68.3 Å². The molecule has 0 radical (unpaired) electrons. The maximum Gasteiger partial charge on any atom is 0.283 e. The fourth-order valence-corrected chi connectivity index (χ4v) is 7.93. The summed E-state index contributed by atoms with van der Waals surface area (Å²) in [4.78, 5) is 8.92. The quantitative estimate of drug-likeness (QED) is 0.116. The van der Waals surface area contributed by atoms with Crippen LogP contribution in [0.2, 0.25) is 0 Å². The first-order valence-electron chi connectivity index (χ1n) is 15.9. The van der Waals surface area contributed by atoms with Gasteiger partial charge in [0.05, 0.1) is 23.7 Å². The zero-order valence-corrected chi connectivity index (χ0v) is 27.6. The number of ether oxygens (including phenoxy) is 2. The normalized spacial score (nSPS) is 19.6. The van der Waals surface area contributed by atoms with Crippen molar-refractivity contribution < 1.29 is 26.7 Å². The molecule has 1 aromatic heterocycles. The lowest BCUT2D eigenvalue weighted by atomic mass is 9.90. The van der Waals surface area contributed by atoms with E-state index < -0.39 is 10.0 Å². The van der Waals surface area contributed by atoms with Gasteiger partial charge in [-0.3, -0.25) is 4.90 Å². The smallest absolute Gasteiger partial charge is 0.283 e. The third kappa shape index (κ3) is 7.46. The van der Waals surface area contributed by atoms with E-state index in [4.69, 9.17) is 13.9 Å². The van der Waals surface area contributed by atoms with Crippen LogP contribution in [0, 0.1) is 17.7 Å². The molecule has 1 saturated carbocycles. The number of halogens is 1. The summed E-state index contributed by atoms with van der Waals surface area (Å²) in [6.07, 6.45) is 5.29. The molecular weight excluding hydrogens is 619 g/mol. The number of likely N-dealkylation sites (tertiary alicyclic amines) is 1. The Hall–Kier alpha value is -3.96. The highest BCUT2D eigenvalue weighted by Gasteiger charge is 2.44. The van der Waals surface area contributed by atoms with E-state index in [1.54, 1.807) is 37.2 Å². The molecule has 2 aliphatic rings. The second kappa shape index (κ2) is 14.4. The van der Waals surface area contributed by atoms with Crippen molar-refractivity contribution in [2.75, 3.05) is 33.9 Å². The van der Waals surface area contributed by atoms with Crippen LogP contribution in [-0.4, -0.2) is 69.4 Å². The van der Waals surface area contributed by atoms with Gasteiger partial charge in [0.15, 0.2) is 11.5 Å². The molecule has 3 atom stereocenters. The van der Waals surface area contributed by atoms with Crippen molar-refractivity contribution in [3.63, 3.8) is 0 Å². The number of nitrogens with zero attached hydrogens (tertiary/aromatic N) is 4. The Balaban J connectivity index is 0.00000433. The first-order chi connectivity index (χ1) is 22.1. The van der Waals surface area contributed by atoms with E-state index in [-0.39, 0.29) is 18.1 Å². The molecule has 2 heterocycles. The van der Waals surface area contributed by atoms with Crippen molar-refractivity contribution >= 4 is 27.5 Å². The standard InChI is InChI=1S/C35H41FN4O5S.CH4/c1-5-43-32-17-23(18-33(44-6-2)35(32)24-7-10-26(36)11-8-24)21-40-16-15-28-25(9-13-30(28)40)19-34-38-29-20-27(12-14-31(29)45-34)46(41,42)37-22-39(3)4;/h7-8,10-12,14,17-18,20,22,25,28,30H,5-6,9,13,15-16,19,21H2,1-4H3;1H4/t25?,28-,30+;/m0./s1. The van der Waals surface area contributed by atoms with Gasteiger partial charge in [-0.05, 0) is 105 Å². The molecule has 4 aromatic rings.